The van der Waals surface area contributed by atoms with E-state index in [1.807, 2.05) is 25.1 Å². The van der Waals surface area contributed by atoms with Gasteiger partial charge >= 0.3 is 0 Å². The summed E-state index contributed by atoms with van der Waals surface area (Å²) >= 11 is 1.66. The Morgan fingerprint density at radius 1 is 1.53 bits per heavy atom. The fourth-order valence-electron chi connectivity index (χ4n) is 1.12. The van der Waals surface area contributed by atoms with E-state index in [1.165, 1.54) is 0 Å². The normalized spacial score (nSPS) is 9.60. The molecule has 15 heavy (non-hydrogen) atoms. The van der Waals surface area contributed by atoms with Crippen LogP contribution in [0.3, 0.4) is 0 Å². The van der Waals surface area contributed by atoms with Crippen LogP contribution in [0.5, 0.6) is 5.75 Å². The van der Waals surface area contributed by atoms with E-state index in [2.05, 4.69) is 5.92 Å². The Hall–Kier alpha value is -1.27. The Labute approximate surface area is 95.2 Å². The van der Waals surface area contributed by atoms with E-state index in [-0.39, 0.29) is 0 Å². The topological polar surface area (TPSA) is 35.2 Å². The standard InChI is InChI=1S/C12H15NOS/c1-3-5-8-15-12-9-10(14-4-2)6-7-11(12)13/h1,6-7,9H,4-5,8,13H2,2H3. The molecule has 2 N–H and O–H groups in total. The van der Waals surface area contributed by atoms with Crippen LogP contribution in [0.25, 0.3) is 0 Å². The molecule has 80 valence electrons. The molecule has 0 aliphatic rings. The lowest BCUT2D eigenvalue weighted by molar-refractivity contribution is 0.339. The van der Waals surface area contributed by atoms with Gasteiger partial charge in [0.2, 0.25) is 0 Å². The van der Waals surface area contributed by atoms with Crippen molar-refractivity contribution in [2.75, 3.05) is 18.1 Å². The zero-order chi connectivity index (χ0) is 11.1. The average Bonchev–Trinajstić information content (AvgIpc) is 2.23. The molecule has 0 amide bonds. The van der Waals surface area contributed by atoms with Crippen LogP contribution >= 0.6 is 11.8 Å². The molecule has 0 fully saturated rings. The maximum atomic E-state index is 5.84. The van der Waals surface area contributed by atoms with E-state index in [0.717, 1.165) is 28.5 Å². The van der Waals surface area contributed by atoms with Gasteiger partial charge in [0.05, 0.1) is 6.61 Å². The molecule has 0 aromatic heterocycles. The highest BCUT2D eigenvalue weighted by atomic mass is 32.2. The number of anilines is 1. The van der Waals surface area contributed by atoms with E-state index < -0.39 is 0 Å². The van der Waals surface area contributed by atoms with Gasteiger partial charge in [0.15, 0.2) is 0 Å². The van der Waals surface area contributed by atoms with Gasteiger partial charge in [0.1, 0.15) is 5.75 Å². The summed E-state index contributed by atoms with van der Waals surface area (Å²) in [5.41, 5.74) is 6.62. The van der Waals surface area contributed by atoms with Crippen LogP contribution in [0.2, 0.25) is 0 Å². The number of terminal acetylenes is 1. The van der Waals surface area contributed by atoms with Crippen LogP contribution in [-0.2, 0) is 0 Å². The van der Waals surface area contributed by atoms with Gasteiger partial charge in [-0.1, -0.05) is 0 Å². The minimum atomic E-state index is 0.665. The van der Waals surface area contributed by atoms with Gasteiger partial charge in [-0.15, -0.1) is 24.1 Å². The Kier molecular flexibility index (Phi) is 4.92. The van der Waals surface area contributed by atoms with Crippen molar-refractivity contribution < 1.29 is 4.74 Å². The number of hydrogen-bond donors (Lipinski definition) is 1. The molecule has 0 heterocycles. The second kappa shape index (κ2) is 6.26. The van der Waals surface area contributed by atoms with E-state index in [0.29, 0.717) is 6.61 Å². The van der Waals surface area contributed by atoms with Gasteiger partial charge in [0, 0.05) is 22.8 Å². The predicted octanol–water partition coefficient (Wildman–Crippen LogP) is 2.78. The van der Waals surface area contributed by atoms with Crippen LogP contribution in [0, 0.1) is 12.3 Å². The number of thioether (sulfide) groups is 1. The van der Waals surface area contributed by atoms with Crippen LogP contribution < -0.4 is 10.5 Å². The summed E-state index contributed by atoms with van der Waals surface area (Å²) in [6.45, 7) is 2.62. The van der Waals surface area contributed by atoms with Crippen molar-refractivity contribution >= 4 is 17.4 Å². The lowest BCUT2D eigenvalue weighted by atomic mass is 10.3. The highest BCUT2D eigenvalue weighted by Gasteiger charge is 2.01. The van der Waals surface area contributed by atoms with E-state index in [4.69, 9.17) is 16.9 Å². The van der Waals surface area contributed by atoms with Gasteiger partial charge in [-0.3, -0.25) is 0 Å². The van der Waals surface area contributed by atoms with E-state index >= 15 is 0 Å². The number of hydrogen-bond acceptors (Lipinski definition) is 3. The van der Waals surface area contributed by atoms with Crippen molar-refractivity contribution in [3.8, 4) is 18.1 Å². The molecular formula is C12H15NOS. The first-order valence-electron chi connectivity index (χ1n) is 4.86. The largest absolute Gasteiger partial charge is 0.494 e. The van der Waals surface area contributed by atoms with E-state index in [9.17, 15) is 0 Å². The van der Waals surface area contributed by atoms with Crippen molar-refractivity contribution in [3.63, 3.8) is 0 Å². The summed E-state index contributed by atoms with van der Waals surface area (Å²) in [5, 5.41) is 0. The van der Waals surface area contributed by atoms with Gasteiger partial charge < -0.3 is 10.5 Å². The minimum Gasteiger partial charge on any atom is -0.494 e. The molecule has 1 aromatic carbocycles. The predicted molar refractivity (Wildman–Crippen MR) is 66.2 cm³/mol. The van der Waals surface area contributed by atoms with Gasteiger partial charge in [-0.05, 0) is 25.1 Å². The van der Waals surface area contributed by atoms with Crippen molar-refractivity contribution in [3.05, 3.63) is 18.2 Å². The van der Waals surface area contributed by atoms with Crippen molar-refractivity contribution in [2.45, 2.75) is 18.2 Å². The molecule has 1 rings (SSSR count). The Balaban J connectivity index is 2.68. The quantitative estimate of drug-likeness (QED) is 0.359. The van der Waals surface area contributed by atoms with Crippen LogP contribution in [0.1, 0.15) is 13.3 Å². The molecule has 0 unspecified atom stereocenters. The molecule has 3 heteroatoms. The molecule has 0 bridgehead atoms. The first kappa shape index (κ1) is 11.8. The third-order valence-electron chi connectivity index (χ3n) is 1.80. The highest BCUT2D eigenvalue weighted by molar-refractivity contribution is 7.99. The molecule has 0 saturated carbocycles. The van der Waals surface area contributed by atoms with Crippen LogP contribution in [-0.4, -0.2) is 12.4 Å². The monoisotopic (exact) mass is 221 g/mol. The smallest absolute Gasteiger partial charge is 0.120 e. The highest BCUT2D eigenvalue weighted by Crippen LogP contribution is 2.29. The van der Waals surface area contributed by atoms with Crippen molar-refractivity contribution in [2.24, 2.45) is 0 Å². The zero-order valence-electron chi connectivity index (χ0n) is 8.82. The number of benzene rings is 1. The lowest BCUT2D eigenvalue weighted by Gasteiger charge is -2.08. The summed E-state index contributed by atoms with van der Waals surface area (Å²) in [6, 6.07) is 5.70. The minimum absolute atomic E-state index is 0.665. The molecule has 0 radical (unpaired) electrons. The third-order valence-corrected chi connectivity index (χ3v) is 2.87. The van der Waals surface area contributed by atoms with Gasteiger partial charge in [0.25, 0.3) is 0 Å². The number of rotatable bonds is 5. The Bertz CT molecular complexity index is 357. The molecule has 2 nitrogen and oxygen atoms in total. The van der Waals surface area contributed by atoms with Crippen molar-refractivity contribution in [1.29, 1.82) is 0 Å². The summed E-state index contributed by atoms with van der Waals surface area (Å²) < 4.78 is 5.40. The second-order valence-corrected chi connectivity index (χ2v) is 4.07. The first-order chi connectivity index (χ1) is 7.27. The number of ether oxygens (including phenoxy) is 1. The van der Waals surface area contributed by atoms with Crippen LogP contribution in [0.4, 0.5) is 5.69 Å². The number of nitrogens with two attached hydrogens (primary N) is 1. The maximum Gasteiger partial charge on any atom is 0.120 e. The Morgan fingerprint density at radius 2 is 2.33 bits per heavy atom. The number of nitrogen functional groups attached to an aromatic ring is 1. The summed E-state index contributed by atoms with van der Waals surface area (Å²) in [7, 11) is 0. The van der Waals surface area contributed by atoms with Gasteiger partial charge in [-0.2, -0.15) is 0 Å². The fourth-order valence-corrected chi connectivity index (χ4v) is 1.99. The summed E-state index contributed by atoms with van der Waals surface area (Å²) in [4.78, 5) is 1.04. The van der Waals surface area contributed by atoms with Gasteiger partial charge in [-0.25, -0.2) is 0 Å². The molecule has 1 aromatic rings. The summed E-state index contributed by atoms with van der Waals surface area (Å²) in [6.07, 6.45) is 5.94. The Morgan fingerprint density at radius 3 is 3.00 bits per heavy atom. The average molecular weight is 221 g/mol. The van der Waals surface area contributed by atoms with Crippen LogP contribution in [0.15, 0.2) is 23.1 Å². The summed E-state index contributed by atoms with van der Waals surface area (Å²) in [5.74, 6) is 4.35. The molecule has 0 atom stereocenters. The fraction of sp³-hybridized carbons (Fsp3) is 0.333. The maximum absolute atomic E-state index is 5.84. The van der Waals surface area contributed by atoms with E-state index in [1.54, 1.807) is 11.8 Å². The molecule has 0 spiro atoms. The first-order valence-corrected chi connectivity index (χ1v) is 5.85. The molecule has 0 aliphatic heterocycles. The van der Waals surface area contributed by atoms with Crippen molar-refractivity contribution in [1.82, 2.24) is 0 Å². The SMILES string of the molecule is C#CCCSc1cc(OCC)ccc1N. The molecular weight excluding hydrogens is 206 g/mol. The zero-order valence-corrected chi connectivity index (χ0v) is 9.64. The molecule has 0 aliphatic carbocycles. The second-order valence-electron chi connectivity index (χ2n) is 2.94. The lowest BCUT2D eigenvalue weighted by Crippen LogP contribution is -1.94. The molecule has 0 saturated heterocycles. The third kappa shape index (κ3) is 3.77.